The topological polar surface area (TPSA) is 84.9 Å². The van der Waals surface area contributed by atoms with Crippen LogP contribution in [0.5, 0.6) is 11.5 Å². The number of hydrogen-bond donors (Lipinski definition) is 1. The van der Waals surface area contributed by atoms with Gasteiger partial charge in [0.1, 0.15) is 18.1 Å². The predicted octanol–water partition coefficient (Wildman–Crippen LogP) is 3.59. The van der Waals surface area contributed by atoms with Gasteiger partial charge < -0.3 is 14.8 Å². The Bertz CT molecular complexity index is 1030. The number of carbonyl (C=O) groups excluding carboxylic acids is 1. The summed E-state index contributed by atoms with van der Waals surface area (Å²) in [4.78, 5) is 12.9. The van der Waals surface area contributed by atoms with Crippen LogP contribution < -0.4 is 14.8 Å². The van der Waals surface area contributed by atoms with Crippen molar-refractivity contribution in [3.05, 3.63) is 54.1 Å². The van der Waals surface area contributed by atoms with E-state index in [1.807, 2.05) is 24.3 Å². The number of benzene rings is 2. The molecular weight excluding hydrogens is 440 g/mol. The fraction of sp³-hybridized carbons (Fsp3) is 0.480. The van der Waals surface area contributed by atoms with Crippen LogP contribution >= 0.6 is 0 Å². The molecule has 2 aromatic rings. The number of sulfonamides is 1. The average molecular weight is 475 g/mol. The molecule has 1 aliphatic rings. The zero-order valence-corrected chi connectivity index (χ0v) is 20.7. The molecule has 0 aliphatic carbocycles. The van der Waals surface area contributed by atoms with Crippen LogP contribution in [0.3, 0.4) is 0 Å². The largest absolute Gasteiger partial charge is 0.497 e. The van der Waals surface area contributed by atoms with Crippen LogP contribution in [0.25, 0.3) is 0 Å². The Morgan fingerprint density at radius 3 is 2.30 bits per heavy atom. The van der Waals surface area contributed by atoms with Gasteiger partial charge in [0.05, 0.1) is 24.5 Å². The Balaban J connectivity index is 1.49. The Morgan fingerprint density at radius 1 is 1.06 bits per heavy atom. The first kappa shape index (κ1) is 25.1. The van der Waals surface area contributed by atoms with E-state index in [0.717, 1.165) is 5.75 Å². The number of nitrogens with zero attached hydrogens (tertiary/aromatic N) is 1. The maximum absolute atomic E-state index is 13.0. The van der Waals surface area contributed by atoms with Gasteiger partial charge in [0, 0.05) is 13.1 Å². The fourth-order valence-electron chi connectivity index (χ4n) is 3.81. The molecule has 0 aromatic heterocycles. The van der Waals surface area contributed by atoms with Crippen LogP contribution in [-0.4, -0.2) is 52.0 Å². The molecule has 1 N–H and O–H groups in total. The number of rotatable bonds is 8. The third kappa shape index (κ3) is 6.48. The van der Waals surface area contributed by atoms with Gasteiger partial charge in [-0.25, -0.2) is 8.42 Å². The Morgan fingerprint density at radius 2 is 1.70 bits per heavy atom. The summed E-state index contributed by atoms with van der Waals surface area (Å²) in [6, 6.07) is 14.3. The second-order valence-corrected chi connectivity index (χ2v) is 11.2. The highest BCUT2D eigenvalue weighted by atomic mass is 32.2. The molecule has 3 rings (SSSR count). The Hall–Kier alpha value is -2.58. The van der Waals surface area contributed by atoms with Crippen LogP contribution in [-0.2, 0) is 20.2 Å². The Kier molecular flexibility index (Phi) is 8.02. The maximum Gasteiger partial charge on any atom is 0.243 e. The molecule has 7 nitrogen and oxygen atoms in total. The van der Waals surface area contributed by atoms with E-state index >= 15 is 0 Å². The van der Waals surface area contributed by atoms with Crippen molar-refractivity contribution in [2.24, 2.45) is 5.92 Å². The first-order valence-corrected chi connectivity index (χ1v) is 12.7. The monoisotopic (exact) mass is 474 g/mol. The second kappa shape index (κ2) is 10.6. The van der Waals surface area contributed by atoms with Crippen LogP contribution in [0.1, 0.15) is 39.2 Å². The fourth-order valence-corrected chi connectivity index (χ4v) is 5.33. The normalized spacial score (nSPS) is 17.4. The molecule has 8 heteroatoms. The SMILES string of the molecule is COc1ccc(S(=O)(=O)N2CCCC(C(=O)NCCOc3ccc(C(C)(C)C)cc3)C2)cc1. The summed E-state index contributed by atoms with van der Waals surface area (Å²) in [7, 11) is -2.12. The zero-order chi connectivity index (χ0) is 24.1. The standard InChI is InChI=1S/C25H34N2O5S/c1-25(2,3)20-7-9-22(10-8-20)32-17-15-26-24(28)19-6-5-16-27(18-19)33(29,30)23-13-11-21(31-4)12-14-23/h7-14,19H,5-6,15-18H2,1-4H3,(H,26,28). The van der Waals surface area contributed by atoms with Gasteiger partial charge in [0.25, 0.3) is 0 Å². The van der Waals surface area contributed by atoms with E-state index in [9.17, 15) is 13.2 Å². The third-order valence-electron chi connectivity index (χ3n) is 5.84. The summed E-state index contributed by atoms with van der Waals surface area (Å²) in [5.41, 5.74) is 1.32. The number of methoxy groups -OCH3 is 1. The van der Waals surface area contributed by atoms with E-state index in [1.165, 1.54) is 29.1 Å². The highest BCUT2D eigenvalue weighted by molar-refractivity contribution is 7.89. The van der Waals surface area contributed by atoms with Crippen molar-refractivity contribution in [2.45, 2.75) is 43.9 Å². The molecule has 180 valence electrons. The summed E-state index contributed by atoms with van der Waals surface area (Å²) in [6.07, 6.45) is 1.31. The van der Waals surface area contributed by atoms with Gasteiger partial charge in [-0.15, -0.1) is 0 Å². The predicted molar refractivity (Wildman–Crippen MR) is 128 cm³/mol. The molecule has 1 fully saturated rings. The number of piperidine rings is 1. The van der Waals surface area contributed by atoms with Gasteiger partial charge in [-0.2, -0.15) is 4.31 Å². The van der Waals surface area contributed by atoms with Crippen molar-refractivity contribution in [1.82, 2.24) is 9.62 Å². The van der Waals surface area contributed by atoms with Crippen molar-refractivity contribution in [3.8, 4) is 11.5 Å². The molecule has 0 bridgehead atoms. The van der Waals surface area contributed by atoms with Crippen LogP contribution in [0.2, 0.25) is 0 Å². The summed E-state index contributed by atoms with van der Waals surface area (Å²) < 4.78 is 38.2. The van der Waals surface area contributed by atoms with Gasteiger partial charge in [-0.05, 0) is 60.2 Å². The molecular formula is C25H34N2O5S. The van der Waals surface area contributed by atoms with Gasteiger partial charge >= 0.3 is 0 Å². The van der Waals surface area contributed by atoms with E-state index in [0.29, 0.717) is 38.3 Å². The highest BCUT2D eigenvalue weighted by Gasteiger charge is 2.33. The minimum Gasteiger partial charge on any atom is -0.497 e. The van der Waals surface area contributed by atoms with Gasteiger partial charge in [-0.3, -0.25) is 4.79 Å². The third-order valence-corrected chi connectivity index (χ3v) is 7.72. The molecule has 0 spiro atoms. The number of nitrogens with one attached hydrogen (secondary N) is 1. The smallest absolute Gasteiger partial charge is 0.243 e. The zero-order valence-electron chi connectivity index (χ0n) is 19.8. The first-order chi connectivity index (χ1) is 15.6. The van der Waals surface area contributed by atoms with Crippen molar-refractivity contribution >= 4 is 15.9 Å². The molecule has 33 heavy (non-hydrogen) atoms. The van der Waals surface area contributed by atoms with Crippen molar-refractivity contribution < 1.29 is 22.7 Å². The molecule has 1 amide bonds. The quantitative estimate of drug-likeness (QED) is 0.591. The summed E-state index contributed by atoms with van der Waals surface area (Å²) in [5.74, 6) is 0.832. The number of hydrogen-bond acceptors (Lipinski definition) is 5. The minimum atomic E-state index is -3.66. The summed E-state index contributed by atoms with van der Waals surface area (Å²) in [5, 5.41) is 2.88. The molecule has 0 saturated carbocycles. The van der Waals surface area contributed by atoms with Crippen LogP contribution in [0, 0.1) is 5.92 Å². The molecule has 1 unspecified atom stereocenters. The van der Waals surface area contributed by atoms with Gasteiger partial charge in [0.2, 0.25) is 15.9 Å². The molecule has 1 aliphatic heterocycles. The lowest BCUT2D eigenvalue weighted by Gasteiger charge is -2.31. The van der Waals surface area contributed by atoms with E-state index in [-0.39, 0.29) is 28.7 Å². The minimum absolute atomic E-state index is 0.0846. The summed E-state index contributed by atoms with van der Waals surface area (Å²) >= 11 is 0. The van der Waals surface area contributed by atoms with Crippen molar-refractivity contribution in [3.63, 3.8) is 0 Å². The lowest BCUT2D eigenvalue weighted by molar-refractivity contribution is -0.126. The molecule has 1 atom stereocenters. The van der Waals surface area contributed by atoms with E-state index in [1.54, 1.807) is 12.1 Å². The van der Waals surface area contributed by atoms with Crippen LogP contribution in [0.4, 0.5) is 0 Å². The molecule has 1 heterocycles. The number of ether oxygens (including phenoxy) is 2. The molecule has 1 saturated heterocycles. The van der Waals surface area contributed by atoms with Crippen molar-refractivity contribution in [2.75, 3.05) is 33.4 Å². The van der Waals surface area contributed by atoms with Gasteiger partial charge in [-0.1, -0.05) is 32.9 Å². The molecule has 0 radical (unpaired) electrons. The first-order valence-electron chi connectivity index (χ1n) is 11.3. The lowest BCUT2D eigenvalue weighted by atomic mass is 9.87. The highest BCUT2D eigenvalue weighted by Crippen LogP contribution is 2.26. The van der Waals surface area contributed by atoms with Crippen LogP contribution in [0.15, 0.2) is 53.4 Å². The average Bonchev–Trinajstić information content (AvgIpc) is 2.81. The van der Waals surface area contributed by atoms with E-state index < -0.39 is 10.0 Å². The molecule has 2 aromatic carbocycles. The summed E-state index contributed by atoms with van der Waals surface area (Å²) in [6.45, 7) is 7.77. The second-order valence-electron chi connectivity index (χ2n) is 9.29. The van der Waals surface area contributed by atoms with E-state index in [2.05, 4.69) is 26.1 Å². The maximum atomic E-state index is 13.0. The van der Waals surface area contributed by atoms with E-state index in [4.69, 9.17) is 9.47 Å². The number of carbonyl (C=O) groups is 1. The van der Waals surface area contributed by atoms with Crippen molar-refractivity contribution in [1.29, 1.82) is 0 Å². The van der Waals surface area contributed by atoms with Gasteiger partial charge in [0.15, 0.2) is 0 Å². The lowest BCUT2D eigenvalue weighted by Crippen LogP contribution is -2.45. The number of amides is 1. The Labute approximate surface area is 197 Å².